The molecule has 2 aliphatic heterocycles. The third-order valence-electron chi connectivity index (χ3n) is 7.16. The predicted octanol–water partition coefficient (Wildman–Crippen LogP) is 1.63. The highest BCUT2D eigenvalue weighted by Crippen LogP contribution is 2.48. The predicted molar refractivity (Wildman–Crippen MR) is 126 cm³/mol. The summed E-state index contributed by atoms with van der Waals surface area (Å²) in [5, 5.41) is 48.9. The van der Waals surface area contributed by atoms with E-state index < -0.39 is 60.2 Å². The third-order valence-corrected chi connectivity index (χ3v) is 7.16. The molecule has 0 radical (unpaired) electrons. The molecule has 4 heterocycles. The Morgan fingerprint density at radius 1 is 0.923 bits per heavy atom. The summed E-state index contributed by atoms with van der Waals surface area (Å²) < 4.78 is 55.6. The first-order chi connectivity index (χ1) is 18.8. The maximum absolute atomic E-state index is 13.8. The second kappa shape index (κ2) is 9.81. The second-order valence-corrected chi connectivity index (χ2v) is 9.43. The van der Waals surface area contributed by atoms with Crippen LogP contribution in [0.1, 0.15) is 18.5 Å². The van der Waals surface area contributed by atoms with Gasteiger partial charge in [-0.05, 0) is 18.6 Å². The molecule has 1 spiro atoms. The highest BCUT2D eigenvalue weighted by molar-refractivity contribution is 5.58. The fraction of sp³-hybridized carbons (Fsp3) is 0.360. The smallest absolute Gasteiger partial charge is 0.220 e. The first-order valence-electron chi connectivity index (χ1n) is 12.1. The van der Waals surface area contributed by atoms with Crippen molar-refractivity contribution < 1.29 is 38.0 Å². The first-order valence-corrected chi connectivity index (χ1v) is 12.1. The summed E-state index contributed by atoms with van der Waals surface area (Å²) in [5.74, 6) is -6.20. The summed E-state index contributed by atoms with van der Waals surface area (Å²) in [6, 6.07) is 8.89. The van der Waals surface area contributed by atoms with Gasteiger partial charge in [0.15, 0.2) is 17.5 Å². The minimum atomic E-state index is -1.76. The van der Waals surface area contributed by atoms with E-state index in [2.05, 4.69) is 20.6 Å². The maximum Gasteiger partial charge on any atom is 0.220 e. The molecule has 0 bridgehead atoms. The number of benzene rings is 2. The van der Waals surface area contributed by atoms with Crippen LogP contribution < -0.4 is 0 Å². The minimum Gasteiger partial charge on any atom is -0.394 e. The highest BCUT2D eigenvalue weighted by Gasteiger charge is 2.62. The number of hydrogen-bond acceptors (Lipinski definition) is 9. The molecular formula is C25H23F3N6O5. The fourth-order valence-corrected chi connectivity index (χ4v) is 5.23. The van der Waals surface area contributed by atoms with Crippen LogP contribution in [0.3, 0.4) is 0 Å². The van der Waals surface area contributed by atoms with Crippen molar-refractivity contribution in [3.8, 4) is 22.5 Å². The molecule has 6 atom stereocenters. The molecule has 0 saturated carbocycles. The first kappa shape index (κ1) is 25.6. The van der Waals surface area contributed by atoms with Crippen molar-refractivity contribution >= 4 is 0 Å². The molecule has 14 heteroatoms. The quantitative estimate of drug-likeness (QED) is 0.320. The van der Waals surface area contributed by atoms with Gasteiger partial charge in [0, 0.05) is 11.1 Å². The van der Waals surface area contributed by atoms with Gasteiger partial charge < -0.3 is 24.8 Å². The van der Waals surface area contributed by atoms with Crippen molar-refractivity contribution in [2.45, 2.75) is 42.6 Å². The summed E-state index contributed by atoms with van der Waals surface area (Å²) in [7, 11) is 0. The standard InChI is InChI=1S/C25H23F3N6O5/c26-15-8-14(9-16(27)21(15)28)18-11-34(32-30-18)22-23(36)19(12-35)39-25(24(22)37)20(6-7-38-25)33-10-17(29-31-33)13-4-2-1-3-5-13/h1-5,8-11,19-20,22-24,35-37H,6-7,12H2/t19-,20-,22+,23+,24-,25+/m1/s1. The largest absolute Gasteiger partial charge is 0.394 e. The highest BCUT2D eigenvalue weighted by atomic mass is 19.2. The van der Waals surface area contributed by atoms with Crippen LogP contribution in [0.15, 0.2) is 54.9 Å². The average Bonchev–Trinajstić information content (AvgIpc) is 3.70. The van der Waals surface area contributed by atoms with Crippen LogP contribution in [-0.2, 0) is 9.47 Å². The number of hydrogen-bond donors (Lipinski definition) is 3. The van der Waals surface area contributed by atoms with Gasteiger partial charge in [-0.25, -0.2) is 22.5 Å². The van der Waals surface area contributed by atoms with Crippen molar-refractivity contribution in [2.24, 2.45) is 0 Å². The van der Waals surface area contributed by atoms with E-state index in [-0.39, 0.29) is 17.9 Å². The Morgan fingerprint density at radius 2 is 1.56 bits per heavy atom. The number of halogens is 3. The Balaban J connectivity index is 1.36. The van der Waals surface area contributed by atoms with Gasteiger partial charge in [0.25, 0.3) is 0 Å². The second-order valence-electron chi connectivity index (χ2n) is 9.43. The van der Waals surface area contributed by atoms with E-state index in [0.717, 1.165) is 22.4 Å². The van der Waals surface area contributed by atoms with Gasteiger partial charge >= 0.3 is 0 Å². The topological polar surface area (TPSA) is 141 Å². The summed E-state index contributed by atoms with van der Waals surface area (Å²) in [4.78, 5) is 0. The van der Waals surface area contributed by atoms with Crippen LogP contribution in [0, 0.1) is 17.5 Å². The van der Waals surface area contributed by atoms with E-state index >= 15 is 0 Å². The summed E-state index contributed by atoms with van der Waals surface area (Å²) in [5.41, 5.74) is 1.26. The zero-order valence-electron chi connectivity index (χ0n) is 20.2. The summed E-state index contributed by atoms with van der Waals surface area (Å²) >= 11 is 0. The lowest BCUT2D eigenvalue weighted by Gasteiger charge is -2.49. The maximum atomic E-state index is 13.8. The molecule has 4 aromatic rings. The lowest BCUT2D eigenvalue weighted by atomic mass is 9.86. The van der Waals surface area contributed by atoms with E-state index in [1.165, 1.54) is 10.9 Å². The van der Waals surface area contributed by atoms with Crippen LogP contribution in [0.4, 0.5) is 13.2 Å². The Labute approximate surface area is 219 Å². The molecule has 6 rings (SSSR count). The van der Waals surface area contributed by atoms with Gasteiger partial charge in [-0.15, -0.1) is 10.2 Å². The van der Waals surface area contributed by atoms with Crippen molar-refractivity contribution in [2.75, 3.05) is 13.2 Å². The van der Waals surface area contributed by atoms with E-state index in [1.54, 1.807) is 6.20 Å². The number of ether oxygens (including phenoxy) is 2. The van der Waals surface area contributed by atoms with E-state index in [4.69, 9.17) is 9.47 Å². The molecule has 2 aromatic heterocycles. The average molecular weight is 544 g/mol. The van der Waals surface area contributed by atoms with E-state index in [0.29, 0.717) is 12.1 Å². The van der Waals surface area contributed by atoms with E-state index in [9.17, 15) is 28.5 Å². The number of aromatic nitrogens is 6. The minimum absolute atomic E-state index is 0.0408. The normalized spacial score (nSPS) is 28.8. The molecule has 204 valence electrons. The molecule has 2 fully saturated rings. The molecule has 0 unspecified atom stereocenters. The van der Waals surface area contributed by atoms with Gasteiger partial charge in [-0.1, -0.05) is 40.8 Å². The lowest BCUT2D eigenvalue weighted by molar-refractivity contribution is -0.350. The molecular weight excluding hydrogens is 521 g/mol. The van der Waals surface area contributed by atoms with Crippen molar-refractivity contribution in [1.29, 1.82) is 0 Å². The van der Waals surface area contributed by atoms with Crippen LogP contribution in [0.5, 0.6) is 0 Å². The van der Waals surface area contributed by atoms with Gasteiger partial charge in [0.05, 0.1) is 25.6 Å². The zero-order chi connectivity index (χ0) is 27.3. The van der Waals surface area contributed by atoms with Gasteiger partial charge in [0.1, 0.15) is 41.8 Å². The lowest BCUT2D eigenvalue weighted by Crippen LogP contribution is -2.65. The van der Waals surface area contributed by atoms with Crippen molar-refractivity contribution in [1.82, 2.24) is 30.0 Å². The third kappa shape index (κ3) is 4.20. The Hall–Kier alpha value is -3.69. The Morgan fingerprint density at radius 3 is 2.26 bits per heavy atom. The Bertz CT molecular complexity index is 1460. The van der Waals surface area contributed by atoms with Crippen LogP contribution in [0.25, 0.3) is 22.5 Å². The number of aliphatic hydroxyl groups is 3. The number of rotatable bonds is 5. The van der Waals surface area contributed by atoms with Gasteiger partial charge in [-0.2, -0.15) is 0 Å². The van der Waals surface area contributed by atoms with Crippen molar-refractivity contribution in [3.05, 3.63) is 72.3 Å². The number of aliphatic hydroxyl groups excluding tert-OH is 3. The number of nitrogens with zero attached hydrogens (tertiary/aromatic N) is 6. The Kier molecular flexibility index (Phi) is 6.43. The molecule has 0 aliphatic carbocycles. The summed E-state index contributed by atoms with van der Waals surface area (Å²) in [6.45, 7) is -0.454. The SMILES string of the molecule is OC[C@H]1O[C@]2(OCC[C@H]2n2cc(-c3ccccc3)nn2)[C@H](O)[C@@H](n2cc(-c3cc(F)c(F)c(F)c3)nn2)[C@H]1O. The van der Waals surface area contributed by atoms with Crippen LogP contribution in [-0.4, -0.2) is 82.6 Å². The molecule has 39 heavy (non-hydrogen) atoms. The van der Waals surface area contributed by atoms with Gasteiger partial charge in [0.2, 0.25) is 5.79 Å². The van der Waals surface area contributed by atoms with Crippen molar-refractivity contribution in [3.63, 3.8) is 0 Å². The van der Waals surface area contributed by atoms with Crippen LogP contribution in [0.2, 0.25) is 0 Å². The summed E-state index contributed by atoms with van der Waals surface area (Å²) in [6.07, 6.45) is -0.956. The van der Waals surface area contributed by atoms with Gasteiger partial charge in [-0.3, -0.25) is 0 Å². The molecule has 3 N–H and O–H groups in total. The van der Waals surface area contributed by atoms with E-state index in [1.807, 2.05) is 30.3 Å². The molecule has 11 nitrogen and oxygen atoms in total. The fourth-order valence-electron chi connectivity index (χ4n) is 5.23. The molecule has 2 aliphatic rings. The zero-order valence-corrected chi connectivity index (χ0v) is 20.2. The molecule has 2 saturated heterocycles. The monoisotopic (exact) mass is 544 g/mol. The van der Waals surface area contributed by atoms with Crippen LogP contribution >= 0.6 is 0 Å². The molecule has 2 aromatic carbocycles. The molecule has 0 amide bonds.